The second-order valence-corrected chi connectivity index (χ2v) is 3.44. The Bertz CT molecular complexity index is 360. The molecule has 15 heavy (non-hydrogen) atoms. The number of methoxy groups -OCH3 is 1. The lowest BCUT2D eigenvalue weighted by atomic mass is 10.0. The van der Waals surface area contributed by atoms with Crippen LogP contribution >= 0.6 is 0 Å². The molecule has 1 unspecified atom stereocenters. The molecule has 82 valence electrons. The van der Waals surface area contributed by atoms with E-state index in [0.29, 0.717) is 17.7 Å². The molecule has 0 aliphatic heterocycles. The highest BCUT2D eigenvalue weighted by Gasteiger charge is 2.14. The fraction of sp³-hybridized carbons (Fsp3) is 0.364. The molecule has 0 radical (unpaired) electrons. The number of hydrogen-bond acceptors (Lipinski definition) is 3. The van der Waals surface area contributed by atoms with E-state index in [1.807, 2.05) is 0 Å². The number of ether oxygens (including phenoxy) is 1. The maximum absolute atomic E-state index is 10.7. The minimum absolute atomic E-state index is 0.114. The minimum atomic E-state index is -0.861. The quantitative estimate of drug-likeness (QED) is 0.793. The van der Waals surface area contributed by atoms with Crippen LogP contribution in [-0.4, -0.2) is 23.3 Å². The van der Waals surface area contributed by atoms with Crippen molar-refractivity contribution in [1.82, 2.24) is 0 Å². The highest BCUT2D eigenvalue weighted by Crippen LogP contribution is 2.25. The molecule has 0 amide bonds. The number of rotatable bonds is 4. The van der Waals surface area contributed by atoms with Gasteiger partial charge in [-0.15, -0.1) is 0 Å². The summed E-state index contributed by atoms with van der Waals surface area (Å²) in [4.78, 5) is 10.7. The lowest BCUT2D eigenvalue weighted by molar-refractivity contribution is -0.141. The highest BCUT2D eigenvalue weighted by molar-refractivity contribution is 5.70. The van der Waals surface area contributed by atoms with Gasteiger partial charge in [-0.2, -0.15) is 0 Å². The van der Waals surface area contributed by atoms with Gasteiger partial charge in [-0.05, 0) is 30.2 Å². The molecule has 0 heterocycles. The predicted molar refractivity (Wildman–Crippen MR) is 55.2 cm³/mol. The van der Waals surface area contributed by atoms with Gasteiger partial charge in [-0.3, -0.25) is 4.79 Å². The van der Waals surface area contributed by atoms with Crippen molar-refractivity contribution in [2.75, 3.05) is 7.11 Å². The van der Waals surface area contributed by atoms with Crippen LogP contribution in [0.3, 0.4) is 0 Å². The van der Waals surface area contributed by atoms with Crippen LogP contribution in [0.5, 0.6) is 11.5 Å². The summed E-state index contributed by atoms with van der Waals surface area (Å²) < 4.78 is 5.08. The van der Waals surface area contributed by atoms with Gasteiger partial charge in [-0.1, -0.05) is 6.92 Å². The van der Waals surface area contributed by atoms with Crippen LogP contribution < -0.4 is 4.74 Å². The Labute approximate surface area is 88.1 Å². The molecule has 1 atom stereocenters. The number of hydrogen-bond donors (Lipinski definition) is 2. The number of carbonyl (C=O) groups is 1. The summed E-state index contributed by atoms with van der Waals surface area (Å²) in [5.41, 5.74) is 0.701. The average molecular weight is 210 g/mol. The molecule has 0 bridgehead atoms. The minimum Gasteiger partial charge on any atom is -0.508 e. The first-order valence-corrected chi connectivity index (χ1v) is 4.63. The number of phenols is 1. The summed E-state index contributed by atoms with van der Waals surface area (Å²) in [7, 11) is 1.52. The van der Waals surface area contributed by atoms with Gasteiger partial charge in [0, 0.05) is 0 Å². The fourth-order valence-electron chi connectivity index (χ4n) is 1.34. The van der Waals surface area contributed by atoms with Crippen molar-refractivity contribution >= 4 is 5.97 Å². The molecular formula is C11H14O4. The summed E-state index contributed by atoms with van der Waals surface area (Å²) in [5, 5.41) is 18.1. The maximum atomic E-state index is 10.7. The van der Waals surface area contributed by atoms with Crippen molar-refractivity contribution in [3.8, 4) is 11.5 Å². The first-order chi connectivity index (χ1) is 7.04. The zero-order valence-corrected chi connectivity index (χ0v) is 8.73. The Morgan fingerprint density at radius 2 is 2.20 bits per heavy atom. The van der Waals surface area contributed by atoms with E-state index in [-0.39, 0.29) is 5.75 Å². The molecule has 0 spiro atoms. The maximum Gasteiger partial charge on any atom is 0.306 e. The molecule has 1 aromatic carbocycles. The molecular weight excluding hydrogens is 196 g/mol. The normalized spacial score (nSPS) is 12.1. The van der Waals surface area contributed by atoms with Gasteiger partial charge in [0.15, 0.2) is 0 Å². The first-order valence-electron chi connectivity index (χ1n) is 4.63. The van der Waals surface area contributed by atoms with Crippen LogP contribution in [0.2, 0.25) is 0 Å². The predicted octanol–water partition coefficient (Wildman–Crippen LogP) is 1.66. The molecule has 2 N–H and O–H groups in total. The third-order valence-corrected chi connectivity index (χ3v) is 2.21. The lowest BCUT2D eigenvalue weighted by Gasteiger charge is -2.11. The van der Waals surface area contributed by atoms with Crippen LogP contribution in [0.1, 0.15) is 12.5 Å². The molecule has 0 aliphatic carbocycles. The molecule has 1 aromatic rings. The van der Waals surface area contributed by atoms with Gasteiger partial charge in [0.1, 0.15) is 11.5 Å². The summed E-state index contributed by atoms with van der Waals surface area (Å²) >= 11 is 0. The Balaban J connectivity index is 2.91. The summed E-state index contributed by atoms with van der Waals surface area (Å²) in [6.07, 6.45) is 0.340. The fourth-order valence-corrected chi connectivity index (χ4v) is 1.34. The zero-order valence-electron chi connectivity index (χ0n) is 8.73. The van der Waals surface area contributed by atoms with E-state index in [0.717, 1.165) is 0 Å². The standard InChI is InChI=1S/C11H14O4/c1-7(11(13)14)5-8-6-9(12)3-4-10(8)15-2/h3-4,6-7,12H,5H2,1-2H3,(H,13,14). The molecule has 0 aliphatic rings. The number of aromatic hydroxyl groups is 1. The second kappa shape index (κ2) is 4.68. The van der Waals surface area contributed by atoms with Gasteiger partial charge in [0.05, 0.1) is 13.0 Å². The van der Waals surface area contributed by atoms with Crippen LogP contribution in [0.4, 0.5) is 0 Å². The van der Waals surface area contributed by atoms with Gasteiger partial charge >= 0.3 is 5.97 Å². The molecule has 0 saturated carbocycles. The summed E-state index contributed by atoms with van der Waals surface area (Å²) in [6.45, 7) is 1.62. The molecule has 4 heteroatoms. The first kappa shape index (κ1) is 11.4. The van der Waals surface area contributed by atoms with E-state index in [9.17, 15) is 9.90 Å². The average Bonchev–Trinajstić information content (AvgIpc) is 2.18. The van der Waals surface area contributed by atoms with E-state index >= 15 is 0 Å². The molecule has 0 aromatic heterocycles. The Morgan fingerprint density at radius 1 is 1.53 bits per heavy atom. The van der Waals surface area contributed by atoms with Crippen LogP contribution in [-0.2, 0) is 11.2 Å². The number of carboxylic acids is 1. The van der Waals surface area contributed by atoms with Gasteiger partial charge in [0.25, 0.3) is 0 Å². The Kier molecular flexibility index (Phi) is 3.55. The summed E-state index contributed by atoms with van der Waals surface area (Å²) in [5.74, 6) is -0.648. The topological polar surface area (TPSA) is 66.8 Å². The lowest BCUT2D eigenvalue weighted by Crippen LogP contribution is -2.12. The van der Waals surface area contributed by atoms with Crippen molar-refractivity contribution in [1.29, 1.82) is 0 Å². The Morgan fingerprint density at radius 3 is 2.73 bits per heavy atom. The molecule has 0 saturated heterocycles. The highest BCUT2D eigenvalue weighted by atomic mass is 16.5. The molecule has 0 fully saturated rings. The molecule has 1 rings (SSSR count). The smallest absolute Gasteiger partial charge is 0.306 e. The number of aliphatic carboxylic acids is 1. The van der Waals surface area contributed by atoms with Crippen molar-refractivity contribution < 1.29 is 19.7 Å². The summed E-state index contributed by atoms with van der Waals surface area (Å²) in [6, 6.07) is 4.66. The van der Waals surface area contributed by atoms with Gasteiger partial charge in [0.2, 0.25) is 0 Å². The third kappa shape index (κ3) is 2.87. The van der Waals surface area contributed by atoms with Crippen LogP contribution in [0.15, 0.2) is 18.2 Å². The number of carboxylic acid groups (broad SMARTS) is 1. The van der Waals surface area contributed by atoms with Crippen molar-refractivity contribution in [3.05, 3.63) is 23.8 Å². The molecule has 4 nitrogen and oxygen atoms in total. The van der Waals surface area contributed by atoms with E-state index in [1.165, 1.54) is 19.2 Å². The van der Waals surface area contributed by atoms with E-state index < -0.39 is 11.9 Å². The van der Waals surface area contributed by atoms with E-state index in [2.05, 4.69) is 0 Å². The van der Waals surface area contributed by atoms with Crippen LogP contribution in [0, 0.1) is 5.92 Å². The monoisotopic (exact) mass is 210 g/mol. The van der Waals surface area contributed by atoms with Gasteiger partial charge < -0.3 is 14.9 Å². The Hall–Kier alpha value is -1.71. The van der Waals surface area contributed by atoms with Gasteiger partial charge in [-0.25, -0.2) is 0 Å². The second-order valence-electron chi connectivity index (χ2n) is 3.44. The van der Waals surface area contributed by atoms with E-state index in [1.54, 1.807) is 13.0 Å². The third-order valence-electron chi connectivity index (χ3n) is 2.21. The van der Waals surface area contributed by atoms with Crippen molar-refractivity contribution in [2.24, 2.45) is 5.92 Å². The van der Waals surface area contributed by atoms with E-state index in [4.69, 9.17) is 9.84 Å². The van der Waals surface area contributed by atoms with Crippen LogP contribution in [0.25, 0.3) is 0 Å². The van der Waals surface area contributed by atoms with Crippen molar-refractivity contribution in [3.63, 3.8) is 0 Å². The zero-order chi connectivity index (χ0) is 11.4. The van der Waals surface area contributed by atoms with Crippen molar-refractivity contribution in [2.45, 2.75) is 13.3 Å². The number of benzene rings is 1. The number of phenolic OH excluding ortho intramolecular Hbond substituents is 1. The SMILES string of the molecule is COc1ccc(O)cc1CC(C)C(=O)O. The largest absolute Gasteiger partial charge is 0.508 e.